The van der Waals surface area contributed by atoms with Gasteiger partial charge in [0.05, 0.1) is 0 Å². The number of hydrogen-bond acceptors (Lipinski definition) is 0. The Bertz CT molecular complexity index is 162. The van der Waals surface area contributed by atoms with Gasteiger partial charge in [-0.3, -0.25) is 0 Å². The third-order valence-electron chi connectivity index (χ3n) is 1.10. The van der Waals surface area contributed by atoms with Crippen LogP contribution in [0, 0.1) is 0 Å². The third kappa shape index (κ3) is 3.42. The first-order valence-electron chi connectivity index (χ1n) is 3.16. The van der Waals surface area contributed by atoms with Crippen LogP contribution in [0.2, 0.25) is 0 Å². The average Bonchev–Trinajstić information content (AvgIpc) is 1.91. The number of hydrogen-bond donors (Lipinski definition) is 0. The first-order valence-corrected chi connectivity index (χ1v) is 4.24. The molecule has 0 spiro atoms. The largest absolute Gasteiger partial charge is 1.00 e. The van der Waals surface area contributed by atoms with E-state index in [-0.39, 0.29) is 18.9 Å². The fourth-order valence-electron chi connectivity index (χ4n) is 0.716. The van der Waals surface area contributed by atoms with E-state index in [1.165, 1.54) is 20.0 Å². The molecule has 0 nitrogen and oxygen atoms in total. The van der Waals surface area contributed by atoms with Crippen molar-refractivity contribution in [1.82, 2.24) is 0 Å². The molecule has 0 heterocycles. The van der Waals surface area contributed by atoms with Crippen molar-refractivity contribution in [3.8, 4) is 0 Å². The van der Waals surface area contributed by atoms with Gasteiger partial charge in [0.2, 0.25) is 0 Å². The second-order valence-corrected chi connectivity index (χ2v) is 3.27. The Balaban J connectivity index is 0.000000810. The summed E-state index contributed by atoms with van der Waals surface area (Å²) < 4.78 is 0. The molecule has 1 aromatic carbocycles. The molecule has 1 rings (SSSR count). The first-order chi connectivity index (χ1) is 4.43. The molecule has 0 aromatic heterocycles. The van der Waals surface area contributed by atoms with Crippen LogP contribution < -0.4 is 24.2 Å². The van der Waals surface area contributed by atoms with Crippen LogP contribution in [0.25, 0.3) is 0 Å². The van der Waals surface area contributed by atoms with Gasteiger partial charge in [0, 0.05) is 0 Å². The van der Waals surface area contributed by atoms with E-state index >= 15 is 0 Å². The van der Waals surface area contributed by atoms with Crippen molar-refractivity contribution in [2.45, 2.75) is 6.92 Å². The van der Waals surface area contributed by atoms with Crippen molar-refractivity contribution in [3.05, 3.63) is 30.3 Å². The monoisotopic (exact) mass is 144 g/mol. The zero-order valence-corrected chi connectivity index (χ0v) is 7.44. The predicted molar refractivity (Wildman–Crippen MR) is 43.5 cm³/mol. The maximum Gasteiger partial charge on any atom is 1.00 e. The summed E-state index contributed by atoms with van der Waals surface area (Å²) in [7, 11) is 1.43. The Morgan fingerprint density at radius 2 is 1.80 bits per heavy atom. The van der Waals surface area contributed by atoms with Crippen LogP contribution in [-0.2, 0) is 0 Å². The maximum absolute atomic E-state index is 2.19. The second-order valence-electron chi connectivity index (χ2n) is 1.81. The van der Waals surface area contributed by atoms with Crippen molar-refractivity contribution >= 4 is 13.9 Å². The minimum atomic E-state index is 0. The fraction of sp³-hybridized carbons (Fsp3) is 0.250. The van der Waals surface area contributed by atoms with Crippen molar-refractivity contribution in [3.63, 3.8) is 0 Å². The molecular weight excluding hydrogens is 134 g/mol. The Hall–Kier alpha value is 0.247. The third-order valence-corrected chi connectivity index (χ3v) is 2.08. The van der Waals surface area contributed by atoms with Crippen LogP contribution in [0.3, 0.4) is 0 Å². The summed E-state index contributed by atoms with van der Waals surface area (Å²) in [6.45, 7) is 2.19. The molecule has 0 saturated heterocycles. The molecule has 0 bridgehead atoms. The van der Waals surface area contributed by atoms with Gasteiger partial charge in [0.25, 0.3) is 0 Å². The summed E-state index contributed by atoms with van der Waals surface area (Å²) in [5.74, 6) is 0. The summed E-state index contributed by atoms with van der Waals surface area (Å²) in [5.41, 5.74) is 0. The van der Waals surface area contributed by atoms with Crippen molar-refractivity contribution in [2.75, 3.05) is 6.16 Å². The van der Waals surface area contributed by atoms with Crippen LogP contribution >= 0.6 is 8.58 Å². The average molecular weight is 144 g/mol. The van der Waals surface area contributed by atoms with Gasteiger partial charge in [0.1, 0.15) is 0 Å². The predicted octanol–water partition coefficient (Wildman–Crippen LogP) is -0.718. The van der Waals surface area contributed by atoms with Crippen molar-refractivity contribution in [2.24, 2.45) is 0 Å². The van der Waals surface area contributed by atoms with Gasteiger partial charge in [-0.05, 0) is 0 Å². The zero-order chi connectivity index (χ0) is 6.53. The SMILES string of the molecule is CC[P-]c1ccccc1.[Li+]. The van der Waals surface area contributed by atoms with E-state index in [0.717, 1.165) is 0 Å². The Morgan fingerprint density at radius 3 is 2.30 bits per heavy atom. The molecule has 0 N–H and O–H groups in total. The Kier molecular flexibility index (Phi) is 6.14. The molecule has 0 aliphatic carbocycles. The normalized spacial score (nSPS) is 9.70. The Morgan fingerprint density at radius 1 is 1.20 bits per heavy atom. The number of benzene rings is 1. The topological polar surface area (TPSA) is 0 Å². The van der Waals surface area contributed by atoms with Crippen LogP contribution in [0.15, 0.2) is 30.3 Å². The first kappa shape index (κ1) is 10.2. The molecular formula is C8H10LiP. The summed E-state index contributed by atoms with van der Waals surface area (Å²) >= 11 is 0. The van der Waals surface area contributed by atoms with E-state index in [0.29, 0.717) is 0 Å². The zero-order valence-electron chi connectivity index (χ0n) is 6.54. The van der Waals surface area contributed by atoms with Crippen LogP contribution in [-0.4, -0.2) is 6.16 Å². The molecule has 0 unspecified atom stereocenters. The standard InChI is InChI=1S/C8H10P.Li/c1-2-9-8-6-4-3-5-7-8;/h3-7H,2H2,1H3;/q-1;+1. The van der Waals surface area contributed by atoms with Gasteiger partial charge < -0.3 is 8.58 Å². The van der Waals surface area contributed by atoms with E-state index in [9.17, 15) is 0 Å². The molecule has 2 heteroatoms. The quantitative estimate of drug-likeness (QED) is 0.379. The summed E-state index contributed by atoms with van der Waals surface area (Å²) in [5, 5.41) is 1.42. The molecule has 10 heavy (non-hydrogen) atoms. The van der Waals surface area contributed by atoms with E-state index in [1.807, 2.05) is 0 Å². The van der Waals surface area contributed by atoms with Gasteiger partial charge in [-0.2, -0.15) is 6.16 Å². The second kappa shape index (κ2) is 5.99. The van der Waals surface area contributed by atoms with E-state index < -0.39 is 0 Å². The smallest absolute Gasteiger partial charge is 0.506 e. The van der Waals surface area contributed by atoms with E-state index in [1.54, 1.807) is 0 Å². The minimum absolute atomic E-state index is 0. The molecule has 0 aliphatic rings. The van der Waals surface area contributed by atoms with E-state index in [2.05, 4.69) is 37.3 Å². The molecule has 0 fully saturated rings. The molecule has 0 radical (unpaired) electrons. The van der Waals surface area contributed by atoms with Gasteiger partial charge in [-0.25, -0.2) is 5.30 Å². The molecule has 0 amide bonds. The van der Waals surface area contributed by atoms with Gasteiger partial charge in [-0.15, -0.1) is 0 Å². The van der Waals surface area contributed by atoms with Gasteiger partial charge in [0.15, 0.2) is 0 Å². The van der Waals surface area contributed by atoms with Crippen LogP contribution in [0.1, 0.15) is 6.92 Å². The molecule has 48 valence electrons. The van der Waals surface area contributed by atoms with Crippen LogP contribution in [0.4, 0.5) is 0 Å². The van der Waals surface area contributed by atoms with Gasteiger partial charge in [-0.1, -0.05) is 37.3 Å². The fourth-order valence-corrected chi connectivity index (χ4v) is 1.46. The minimum Gasteiger partial charge on any atom is -0.506 e. The Labute approximate surface area is 76.4 Å². The molecule has 0 saturated carbocycles. The maximum atomic E-state index is 2.19. The van der Waals surface area contributed by atoms with Gasteiger partial charge >= 0.3 is 18.9 Å². The van der Waals surface area contributed by atoms with Crippen LogP contribution in [0.5, 0.6) is 0 Å². The van der Waals surface area contributed by atoms with E-state index in [4.69, 9.17) is 0 Å². The van der Waals surface area contributed by atoms with Crippen molar-refractivity contribution < 1.29 is 18.9 Å². The summed E-state index contributed by atoms with van der Waals surface area (Å²) in [6, 6.07) is 10.5. The van der Waals surface area contributed by atoms with Crippen molar-refractivity contribution in [1.29, 1.82) is 0 Å². The summed E-state index contributed by atoms with van der Waals surface area (Å²) in [4.78, 5) is 0. The molecule has 0 atom stereocenters. The molecule has 1 aromatic rings. The number of rotatable bonds is 2. The summed E-state index contributed by atoms with van der Waals surface area (Å²) in [6.07, 6.45) is 1.21. The molecule has 0 aliphatic heterocycles.